The van der Waals surface area contributed by atoms with Gasteiger partial charge in [0, 0.05) is 18.3 Å². The van der Waals surface area contributed by atoms with Gasteiger partial charge < -0.3 is 19.6 Å². The van der Waals surface area contributed by atoms with Gasteiger partial charge in [0.15, 0.2) is 0 Å². The van der Waals surface area contributed by atoms with Crippen LogP contribution in [0.15, 0.2) is 25.3 Å². The Bertz CT molecular complexity index is 817. The largest absolute Gasteiger partial charge is 0.465 e. The topological polar surface area (TPSA) is 87.1 Å². The van der Waals surface area contributed by atoms with Crippen LogP contribution in [0.25, 0.3) is 0 Å². The third kappa shape index (κ3) is 5.06. The van der Waals surface area contributed by atoms with Crippen LogP contribution in [0.3, 0.4) is 0 Å². The molecule has 196 valence electrons. The molecular weight excluding hydrogens is 464 g/mol. The average molecular weight is 507 g/mol. The summed E-state index contributed by atoms with van der Waals surface area (Å²) >= 11 is 1.64. The van der Waals surface area contributed by atoms with Crippen molar-refractivity contribution in [3.05, 3.63) is 25.3 Å². The molecule has 3 heterocycles. The fraction of sp³-hybridized carbons (Fsp3) is 0.741. The smallest absolute Gasteiger partial charge is 0.310 e. The van der Waals surface area contributed by atoms with Crippen LogP contribution in [0.1, 0.15) is 59.3 Å². The van der Waals surface area contributed by atoms with Gasteiger partial charge >= 0.3 is 5.97 Å². The van der Waals surface area contributed by atoms with E-state index in [2.05, 4.69) is 20.1 Å². The number of hydrogen-bond donors (Lipinski definition) is 1. The minimum atomic E-state index is -0.704. The zero-order valence-electron chi connectivity index (χ0n) is 21.5. The van der Waals surface area contributed by atoms with Crippen LogP contribution >= 0.6 is 11.8 Å². The summed E-state index contributed by atoms with van der Waals surface area (Å²) in [5.41, 5.74) is 0. The number of aliphatic hydroxyl groups excluding tert-OH is 1. The minimum Gasteiger partial charge on any atom is -0.465 e. The monoisotopic (exact) mass is 506 g/mol. The van der Waals surface area contributed by atoms with Crippen LogP contribution in [0.5, 0.6) is 0 Å². The summed E-state index contributed by atoms with van der Waals surface area (Å²) < 4.78 is 4.94. The van der Waals surface area contributed by atoms with Crippen LogP contribution in [0, 0.1) is 17.8 Å². The van der Waals surface area contributed by atoms with Crippen molar-refractivity contribution in [1.82, 2.24) is 9.80 Å². The normalized spacial score (nSPS) is 29.9. The maximum atomic E-state index is 14.1. The fourth-order valence-corrected chi connectivity index (χ4v) is 8.27. The lowest BCUT2D eigenvalue weighted by Gasteiger charge is -2.40. The number of rotatable bonds is 14. The number of ether oxygens (including phenoxy) is 1. The van der Waals surface area contributed by atoms with E-state index in [1.165, 1.54) is 0 Å². The minimum absolute atomic E-state index is 0.0246. The Morgan fingerprint density at radius 3 is 2.66 bits per heavy atom. The highest BCUT2D eigenvalue weighted by molar-refractivity contribution is 8.02. The second-order valence-electron chi connectivity index (χ2n) is 10.3. The van der Waals surface area contributed by atoms with Crippen molar-refractivity contribution in [2.24, 2.45) is 17.8 Å². The predicted octanol–water partition coefficient (Wildman–Crippen LogP) is 3.42. The zero-order chi connectivity index (χ0) is 25.8. The number of likely N-dealkylation sites (tertiary alicyclic amines) is 1. The highest BCUT2D eigenvalue weighted by Crippen LogP contribution is 2.67. The third-order valence-corrected chi connectivity index (χ3v) is 9.75. The summed E-state index contributed by atoms with van der Waals surface area (Å²) in [5.74, 6) is -1.81. The Kier molecular flexibility index (Phi) is 9.49. The lowest BCUT2D eigenvalue weighted by Crippen LogP contribution is -2.58. The lowest BCUT2D eigenvalue weighted by molar-refractivity contribution is -0.155. The summed E-state index contributed by atoms with van der Waals surface area (Å²) in [4.78, 5) is 44.9. The van der Waals surface area contributed by atoms with E-state index in [1.54, 1.807) is 33.7 Å². The Morgan fingerprint density at radius 2 is 2.06 bits per heavy atom. The highest BCUT2D eigenvalue weighted by Gasteiger charge is 2.74. The molecule has 3 aliphatic heterocycles. The summed E-state index contributed by atoms with van der Waals surface area (Å²) in [6, 6.07) is -1.19. The molecule has 2 bridgehead atoms. The number of amides is 2. The first-order chi connectivity index (χ1) is 16.8. The van der Waals surface area contributed by atoms with Gasteiger partial charge in [-0.15, -0.1) is 24.9 Å². The van der Waals surface area contributed by atoms with Crippen molar-refractivity contribution in [3.8, 4) is 0 Å². The van der Waals surface area contributed by atoms with E-state index in [0.717, 1.165) is 25.7 Å². The molecule has 2 amide bonds. The first-order valence-corrected chi connectivity index (χ1v) is 13.9. The Hall–Kier alpha value is -1.80. The van der Waals surface area contributed by atoms with E-state index in [-0.39, 0.29) is 35.6 Å². The lowest BCUT2D eigenvalue weighted by atomic mass is 9.71. The molecule has 1 N–H and O–H groups in total. The van der Waals surface area contributed by atoms with Crippen molar-refractivity contribution in [1.29, 1.82) is 0 Å². The van der Waals surface area contributed by atoms with Gasteiger partial charge in [0.2, 0.25) is 11.8 Å². The van der Waals surface area contributed by atoms with Crippen LogP contribution in [0.2, 0.25) is 0 Å². The van der Waals surface area contributed by atoms with Crippen LogP contribution in [0.4, 0.5) is 0 Å². The Labute approximate surface area is 214 Å². The molecule has 6 atom stereocenters. The number of hydrogen-bond acceptors (Lipinski definition) is 6. The maximum absolute atomic E-state index is 14.1. The summed E-state index contributed by atoms with van der Waals surface area (Å²) in [7, 11) is 0. The molecule has 7 nitrogen and oxygen atoms in total. The first kappa shape index (κ1) is 27.8. The van der Waals surface area contributed by atoms with Gasteiger partial charge in [-0.2, -0.15) is 0 Å². The van der Waals surface area contributed by atoms with Gasteiger partial charge in [0.25, 0.3) is 0 Å². The average Bonchev–Trinajstić information content (AvgIpc) is 3.47. The number of thioether (sulfide) groups is 1. The summed E-state index contributed by atoms with van der Waals surface area (Å²) in [5, 5.41) is 10.3. The molecule has 0 aromatic heterocycles. The van der Waals surface area contributed by atoms with Crippen molar-refractivity contribution < 1.29 is 24.2 Å². The number of esters is 1. The van der Waals surface area contributed by atoms with Gasteiger partial charge in [-0.3, -0.25) is 14.4 Å². The Balaban J connectivity index is 1.99. The predicted molar refractivity (Wildman–Crippen MR) is 139 cm³/mol. The quantitative estimate of drug-likeness (QED) is 0.221. The first-order valence-electron chi connectivity index (χ1n) is 13.1. The molecule has 35 heavy (non-hydrogen) atoms. The number of allylic oxidation sites excluding steroid dienone is 1. The van der Waals surface area contributed by atoms with Gasteiger partial charge in [0.1, 0.15) is 6.04 Å². The summed E-state index contributed by atoms with van der Waals surface area (Å²) in [6.45, 7) is 14.6. The molecule has 0 radical (unpaired) electrons. The summed E-state index contributed by atoms with van der Waals surface area (Å²) in [6.07, 6.45) is 8.26. The van der Waals surface area contributed by atoms with E-state index in [4.69, 9.17) is 4.74 Å². The van der Waals surface area contributed by atoms with Crippen molar-refractivity contribution in [3.63, 3.8) is 0 Å². The molecule has 0 aliphatic carbocycles. The number of unbranched alkanes of at least 4 members (excludes halogenated alkanes) is 2. The van der Waals surface area contributed by atoms with E-state index in [0.29, 0.717) is 32.5 Å². The highest BCUT2D eigenvalue weighted by atomic mass is 32.2. The van der Waals surface area contributed by atoms with E-state index < -0.39 is 28.7 Å². The van der Waals surface area contributed by atoms with Gasteiger partial charge in [0.05, 0.1) is 35.8 Å². The molecular formula is C27H42N2O5S. The molecule has 3 saturated heterocycles. The second-order valence-corrected chi connectivity index (χ2v) is 11.9. The SMILES string of the molecule is C=CCCCOC(=O)[C@@H]1[C@H]2C(=O)N([C@@H](CO)C(C)C)C(C(=O)N(CC=C)CCCC)C23CC[C@H]1S3. The van der Waals surface area contributed by atoms with Crippen molar-refractivity contribution in [2.45, 2.75) is 81.4 Å². The van der Waals surface area contributed by atoms with Crippen LogP contribution < -0.4 is 0 Å². The molecule has 3 aliphatic rings. The van der Waals surface area contributed by atoms with Crippen LogP contribution in [-0.4, -0.2) is 81.1 Å². The number of nitrogens with zero attached hydrogens (tertiary/aromatic N) is 2. The molecule has 2 unspecified atom stereocenters. The van der Waals surface area contributed by atoms with Crippen molar-refractivity contribution in [2.75, 3.05) is 26.3 Å². The van der Waals surface area contributed by atoms with Gasteiger partial charge in [-0.1, -0.05) is 39.3 Å². The molecule has 8 heteroatoms. The maximum Gasteiger partial charge on any atom is 0.310 e. The standard InChI is InChI=1S/C27H42N2O5S/c1-6-9-11-16-34-26(33)21-20-12-13-27(35-20)22(21)24(31)29(19(17-30)18(4)5)23(27)25(32)28(14-8-3)15-10-7-2/h6,8,18-23,30H,1,3,7,9-17H2,2,4-5H3/t19-,20+,21-,22-,23?,27?/m0/s1. The van der Waals surface area contributed by atoms with Gasteiger partial charge in [-0.25, -0.2) is 0 Å². The second kappa shape index (κ2) is 12.0. The number of aliphatic hydroxyl groups is 1. The molecule has 0 aromatic carbocycles. The van der Waals surface area contributed by atoms with E-state index in [1.807, 2.05) is 13.8 Å². The van der Waals surface area contributed by atoms with Gasteiger partial charge in [-0.05, 0) is 38.0 Å². The third-order valence-electron chi connectivity index (χ3n) is 7.80. The number of carbonyl (C=O) groups is 3. The van der Waals surface area contributed by atoms with E-state index >= 15 is 0 Å². The number of carbonyl (C=O) groups excluding carboxylic acids is 3. The fourth-order valence-electron chi connectivity index (χ4n) is 6.08. The van der Waals surface area contributed by atoms with E-state index in [9.17, 15) is 19.5 Å². The Morgan fingerprint density at radius 1 is 1.31 bits per heavy atom. The molecule has 0 saturated carbocycles. The molecule has 0 aromatic rings. The molecule has 1 spiro atoms. The van der Waals surface area contributed by atoms with Crippen LogP contribution in [-0.2, 0) is 19.1 Å². The molecule has 3 fully saturated rings. The number of fused-ring (bicyclic) bond motifs is 1. The zero-order valence-corrected chi connectivity index (χ0v) is 22.3. The van der Waals surface area contributed by atoms with Crippen molar-refractivity contribution >= 4 is 29.5 Å². The molecule has 3 rings (SSSR count).